The highest BCUT2D eigenvalue weighted by Crippen LogP contribution is 2.24. The van der Waals surface area contributed by atoms with Gasteiger partial charge in [-0.15, -0.1) is 0 Å². The maximum absolute atomic E-state index is 5.86. The Hall–Kier alpha value is -1.55. The minimum Gasteiger partial charge on any atom is -0.473 e. The Kier molecular flexibility index (Phi) is 3.41. The molecule has 0 aliphatic rings. The normalized spacial score (nSPS) is 12.9. The van der Waals surface area contributed by atoms with Gasteiger partial charge in [-0.05, 0) is 23.7 Å². The van der Waals surface area contributed by atoms with Gasteiger partial charge in [-0.2, -0.15) is 0 Å². The van der Waals surface area contributed by atoms with Crippen LogP contribution in [0.1, 0.15) is 19.8 Å². The van der Waals surface area contributed by atoms with Crippen molar-refractivity contribution in [2.24, 2.45) is 5.73 Å². The highest BCUT2D eigenvalue weighted by atomic mass is 16.5. The van der Waals surface area contributed by atoms with Crippen LogP contribution in [0.25, 0.3) is 11.0 Å². The smallest absolute Gasteiger partial charge is 0.262 e. The van der Waals surface area contributed by atoms with Crippen LogP contribution in [0.5, 0.6) is 5.88 Å². The Bertz CT molecular complexity index is 453. The Morgan fingerprint density at radius 1 is 1.44 bits per heavy atom. The minimum absolute atomic E-state index is 0.0560. The van der Waals surface area contributed by atoms with Crippen molar-refractivity contribution in [2.45, 2.75) is 25.8 Å². The number of hydrogen-bond donors (Lipinski definition) is 1. The van der Waals surface area contributed by atoms with Crippen LogP contribution in [0, 0.1) is 0 Å². The third kappa shape index (κ3) is 2.33. The Balaban J connectivity index is 2.04. The average molecular weight is 220 g/mol. The lowest BCUT2D eigenvalue weighted by atomic mass is 10.2. The zero-order valence-electron chi connectivity index (χ0n) is 9.35. The molecule has 1 aromatic heterocycles. The highest BCUT2D eigenvalue weighted by Gasteiger charge is 2.09. The van der Waals surface area contributed by atoms with Gasteiger partial charge in [0, 0.05) is 6.04 Å². The van der Waals surface area contributed by atoms with E-state index in [1.807, 2.05) is 24.3 Å². The number of rotatable bonds is 5. The van der Waals surface area contributed by atoms with Gasteiger partial charge in [0.25, 0.3) is 5.88 Å². The molecule has 1 atom stereocenters. The lowest BCUT2D eigenvalue weighted by Crippen LogP contribution is -2.27. The molecule has 0 aliphatic carbocycles. The first-order valence-electron chi connectivity index (χ1n) is 5.54. The number of para-hydroxylation sites is 1. The van der Waals surface area contributed by atoms with E-state index in [1.54, 1.807) is 0 Å². The van der Waals surface area contributed by atoms with E-state index >= 15 is 0 Å². The summed E-state index contributed by atoms with van der Waals surface area (Å²) in [6, 6.07) is 7.67. The number of fused-ring (bicyclic) bond motifs is 1. The fourth-order valence-corrected chi connectivity index (χ4v) is 1.61. The number of nitrogens with two attached hydrogens (primary N) is 1. The minimum atomic E-state index is 0.0560. The second-order valence-corrected chi connectivity index (χ2v) is 3.84. The summed E-state index contributed by atoms with van der Waals surface area (Å²) in [6.45, 7) is 2.58. The van der Waals surface area contributed by atoms with Crippen LogP contribution in [0.3, 0.4) is 0 Å². The predicted octanol–water partition coefficient (Wildman–Crippen LogP) is 2.33. The predicted molar refractivity (Wildman–Crippen MR) is 62.4 cm³/mol. The van der Waals surface area contributed by atoms with Crippen molar-refractivity contribution in [3.63, 3.8) is 0 Å². The molecule has 0 bridgehead atoms. The second-order valence-electron chi connectivity index (χ2n) is 3.84. The summed E-state index contributed by atoms with van der Waals surface area (Å²) in [5, 5.41) is 4.77. The molecule has 1 heterocycles. The van der Waals surface area contributed by atoms with E-state index in [0.29, 0.717) is 12.5 Å². The van der Waals surface area contributed by atoms with Gasteiger partial charge in [0.05, 0.1) is 5.39 Å². The monoisotopic (exact) mass is 220 g/mol. The van der Waals surface area contributed by atoms with E-state index in [-0.39, 0.29) is 6.04 Å². The molecular formula is C12H16N2O2. The van der Waals surface area contributed by atoms with Gasteiger partial charge in [-0.25, -0.2) is 0 Å². The Morgan fingerprint density at radius 2 is 2.25 bits per heavy atom. The molecule has 86 valence electrons. The summed E-state index contributed by atoms with van der Waals surface area (Å²) >= 11 is 0. The molecular weight excluding hydrogens is 204 g/mol. The first-order chi connectivity index (χ1) is 7.81. The second kappa shape index (κ2) is 4.99. The fourth-order valence-electron chi connectivity index (χ4n) is 1.61. The van der Waals surface area contributed by atoms with Crippen molar-refractivity contribution >= 4 is 11.0 Å². The van der Waals surface area contributed by atoms with Gasteiger partial charge < -0.3 is 15.0 Å². The van der Waals surface area contributed by atoms with E-state index in [9.17, 15) is 0 Å². The highest BCUT2D eigenvalue weighted by molar-refractivity contribution is 5.81. The summed E-state index contributed by atoms with van der Waals surface area (Å²) in [7, 11) is 0. The van der Waals surface area contributed by atoms with Crippen molar-refractivity contribution in [3.8, 4) is 5.88 Å². The number of benzene rings is 1. The van der Waals surface area contributed by atoms with Crippen LogP contribution < -0.4 is 10.5 Å². The molecule has 2 N–H and O–H groups in total. The summed E-state index contributed by atoms with van der Waals surface area (Å²) < 4.78 is 10.7. The van der Waals surface area contributed by atoms with Gasteiger partial charge >= 0.3 is 0 Å². The standard InChI is InChI=1S/C12H16N2O2/c1-2-5-9(13)8-15-12-10-6-3-4-7-11(10)16-14-12/h3-4,6-7,9H,2,5,8,13H2,1H3. The maximum atomic E-state index is 5.86. The van der Waals surface area contributed by atoms with E-state index in [0.717, 1.165) is 23.8 Å². The molecule has 4 heteroatoms. The van der Waals surface area contributed by atoms with E-state index in [4.69, 9.17) is 15.0 Å². The molecule has 1 aromatic carbocycles. The van der Waals surface area contributed by atoms with Gasteiger partial charge in [0.1, 0.15) is 6.61 Å². The van der Waals surface area contributed by atoms with Gasteiger partial charge in [0.2, 0.25) is 0 Å². The largest absolute Gasteiger partial charge is 0.473 e. The van der Waals surface area contributed by atoms with Gasteiger partial charge in [-0.3, -0.25) is 0 Å². The molecule has 0 amide bonds. The van der Waals surface area contributed by atoms with Crippen LogP contribution in [-0.4, -0.2) is 17.8 Å². The van der Waals surface area contributed by atoms with E-state index in [2.05, 4.69) is 12.1 Å². The summed E-state index contributed by atoms with van der Waals surface area (Å²) in [5.41, 5.74) is 6.60. The van der Waals surface area contributed by atoms with Crippen LogP contribution >= 0.6 is 0 Å². The third-order valence-electron chi connectivity index (χ3n) is 2.44. The van der Waals surface area contributed by atoms with Crippen molar-refractivity contribution in [3.05, 3.63) is 24.3 Å². The maximum Gasteiger partial charge on any atom is 0.262 e. The van der Waals surface area contributed by atoms with Crippen LogP contribution in [0.15, 0.2) is 28.8 Å². The van der Waals surface area contributed by atoms with Crippen LogP contribution in [-0.2, 0) is 0 Å². The Morgan fingerprint density at radius 3 is 3.06 bits per heavy atom. The van der Waals surface area contributed by atoms with Gasteiger partial charge in [0.15, 0.2) is 5.58 Å². The summed E-state index contributed by atoms with van der Waals surface area (Å²) in [6.07, 6.45) is 2.01. The topological polar surface area (TPSA) is 61.3 Å². The molecule has 0 saturated heterocycles. The van der Waals surface area contributed by atoms with Crippen LogP contribution in [0.4, 0.5) is 0 Å². The zero-order chi connectivity index (χ0) is 11.4. The molecule has 2 rings (SSSR count). The number of nitrogens with zero attached hydrogens (tertiary/aromatic N) is 1. The SMILES string of the molecule is CCCC(N)COc1noc2ccccc12. The quantitative estimate of drug-likeness (QED) is 0.840. The van der Waals surface area contributed by atoms with Crippen LogP contribution in [0.2, 0.25) is 0 Å². The molecule has 0 spiro atoms. The fraction of sp³-hybridized carbons (Fsp3) is 0.417. The third-order valence-corrected chi connectivity index (χ3v) is 2.44. The zero-order valence-corrected chi connectivity index (χ0v) is 9.35. The molecule has 0 aliphatic heterocycles. The summed E-state index contributed by atoms with van der Waals surface area (Å²) in [4.78, 5) is 0. The average Bonchev–Trinajstić information content (AvgIpc) is 2.70. The number of ether oxygens (including phenoxy) is 1. The van der Waals surface area contributed by atoms with E-state index < -0.39 is 0 Å². The van der Waals surface area contributed by atoms with Crippen molar-refractivity contribution < 1.29 is 9.26 Å². The number of hydrogen-bond acceptors (Lipinski definition) is 4. The molecule has 16 heavy (non-hydrogen) atoms. The van der Waals surface area contributed by atoms with Crippen molar-refractivity contribution in [2.75, 3.05) is 6.61 Å². The van der Waals surface area contributed by atoms with E-state index in [1.165, 1.54) is 0 Å². The van der Waals surface area contributed by atoms with Crippen molar-refractivity contribution in [1.29, 1.82) is 0 Å². The number of aromatic nitrogens is 1. The first-order valence-corrected chi connectivity index (χ1v) is 5.54. The molecule has 0 radical (unpaired) electrons. The summed E-state index contributed by atoms with van der Waals surface area (Å²) in [5.74, 6) is 0.530. The Labute approximate surface area is 94.4 Å². The lowest BCUT2D eigenvalue weighted by Gasteiger charge is -2.09. The molecule has 2 aromatic rings. The lowest BCUT2D eigenvalue weighted by molar-refractivity contribution is 0.257. The molecule has 1 unspecified atom stereocenters. The van der Waals surface area contributed by atoms with Crippen molar-refractivity contribution in [1.82, 2.24) is 5.16 Å². The molecule has 4 nitrogen and oxygen atoms in total. The molecule has 0 fully saturated rings. The van der Waals surface area contributed by atoms with Gasteiger partial charge in [-0.1, -0.05) is 25.5 Å². The molecule has 0 saturated carbocycles. The first kappa shape index (κ1) is 11.0.